The van der Waals surface area contributed by atoms with Gasteiger partial charge in [0.05, 0.1) is 6.04 Å². The maximum atomic E-state index is 12.1. The fourth-order valence-electron chi connectivity index (χ4n) is 3.19. The molecule has 7 heteroatoms. The van der Waals surface area contributed by atoms with Gasteiger partial charge in [0.15, 0.2) is 5.96 Å². The number of piperidine rings is 1. The lowest BCUT2D eigenvalue weighted by Crippen LogP contribution is -2.53. The summed E-state index contributed by atoms with van der Waals surface area (Å²) >= 11 is 0. The summed E-state index contributed by atoms with van der Waals surface area (Å²) in [4.78, 5) is 19.0. The summed E-state index contributed by atoms with van der Waals surface area (Å²) in [5, 5.41) is 9.87. The molecule has 3 N–H and O–H groups in total. The van der Waals surface area contributed by atoms with Gasteiger partial charge in [-0.15, -0.1) is 0 Å². The van der Waals surface area contributed by atoms with Crippen LogP contribution in [0.5, 0.6) is 0 Å². The van der Waals surface area contributed by atoms with Crippen molar-refractivity contribution in [1.82, 2.24) is 20.9 Å². The minimum atomic E-state index is -0.497. The summed E-state index contributed by atoms with van der Waals surface area (Å²) in [6.07, 6.45) is 4.42. The van der Waals surface area contributed by atoms with Gasteiger partial charge in [-0.2, -0.15) is 0 Å². The van der Waals surface area contributed by atoms with Crippen LogP contribution in [0.4, 0.5) is 4.79 Å². The molecule has 0 radical (unpaired) electrons. The van der Waals surface area contributed by atoms with Crippen molar-refractivity contribution in [2.45, 2.75) is 84.9 Å². The van der Waals surface area contributed by atoms with E-state index in [0.29, 0.717) is 12.6 Å². The van der Waals surface area contributed by atoms with Crippen LogP contribution in [0, 0.1) is 5.92 Å². The fourth-order valence-corrected chi connectivity index (χ4v) is 3.19. The van der Waals surface area contributed by atoms with Crippen LogP contribution in [-0.2, 0) is 4.74 Å². The van der Waals surface area contributed by atoms with Crippen molar-refractivity contribution in [3.63, 3.8) is 0 Å². The van der Waals surface area contributed by atoms with Crippen LogP contribution in [-0.4, -0.2) is 67.9 Å². The van der Waals surface area contributed by atoms with Gasteiger partial charge < -0.3 is 25.6 Å². The Morgan fingerprint density at radius 3 is 2.39 bits per heavy atom. The van der Waals surface area contributed by atoms with E-state index >= 15 is 0 Å². The van der Waals surface area contributed by atoms with Gasteiger partial charge >= 0.3 is 6.09 Å². The summed E-state index contributed by atoms with van der Waals surface area (Å²) in [6.45, 7) is 16.1. The van der Waals surface area contributed by atoms with E-state index < -0.39 is 5.60 Å². The number of unbranched alkanes of at least 4 members (excludes halogenated alkanes) is 1. The lowest BCUT2D eigenvalue weighted by molar-refractivity contribution is 0.0491. The highest BCUT2D eigenvalue weighted by Crippen LogP contribution is 2.11. The summed E-state index contributed by atoms with van der Waals surface area (Å²) in [7, 11) is 1.79. The van der Waals surface area contributed by atoms with Gasteiger partial charge in [-0.1, -0.05) is 27.2 Å². The molecule has 7 nitrogen and oxygen atoms in total. The highest BCUT2D eigenvalue weighted by atomic mass is 16.6. The number of hydrogen-bond donors (Lipinski definition) is 3. The molecule has 0 aromatic rings. The largest absolute Gasteiger partial charge is 0.444 e. The smallest absolute Gasteiger partial charge is 0.407 e. The molecule has 1 heterocycles. The molecule has 164 valence electrons. The lowest BCUT2D eigenvalue weighted by Gasteiger charge is -2.33. The van der Waals surface area contributed by atoms with Gasteiger partial charge in [0.2, 0.25) is 0 Å². The third kappa shape index (κ3) is 10.2. The Morgan fingerprint density at radius 1 is 1.25 bits per heavy atom. The molecular weight excluding hydrogens is 354 g/mol. The zero-order chi connectivity index (χ0) is 21.2. The number of nitrogens with zero attached hydrogens (tertiary/aromatic N) is 2. The Bertz CT molecular complexity index is 480. The number of rotatable bonds is 8. The zero-order valence-corrected chi connectivity index (χ0v) is 19.1. The zero-order valence-electron chi connectivity index (χ0n) is 19.1. The molecule has 0 aromatic carbocycles. The summed E-state index contributed by atoms with van der Waals surface area (Å²) in [5.41, 5.74) is -0.497. The van der Waals surface area contributed by atoms with Gasteiger partial charge in [-0.05, 0) is 52.5 Å². The number of alkyl carbamates (subject to hydrolysis) is 1. The molecule has 1 fully saturated rings. The first-order valence-corrected chi connectivity index (χ1v) is 10.8. The minimum Gasteiger partial charge on any atom is -0.444 e. The van der Waals surface area contributed by atoms with E-state index in [1.807, 2.05) is 20.8 Å². The van der Waals surface area contributed by atoms with Crippen LogP contribution < -0.4 is 16.0 Å². The molecule has 1 amide bonds. The first-order valence-electron chi connectivity index (χ1n) is 10.8. The number of carbonyl (C=O) groups is 1. The Morgan fingerprint density at radius 2 is 1.89 bits per heavy atom. The van der Waals surface area contributed by atoms with Crippen LogP contribution in [0.3, 0.4) is 0 Å². The van der Waals surface area contributed by atoms with E-state index in [-0.39, 0.29) is 18.1 Å². The maximum absolute atomic E-state index is 12.1. The standard InChI is InChI=1S/C21H43N5O2/c1-8-9-12-26-13-10-17(11-14-26)24-19(22-7)23-15-18(16(2)3)25-20(27)28-21(4,5)6/h16-18H,8-15H2,1-7H3,(H,25,27)(H2,22,23,24). The van der Waals surface area contributed by atoms with Crippen molar-refractivity contribution in [1.29, 1.82) is 0 Å². The monoisotopic (exact) mass is 397 g/mol. The van der Waals surface area contributed by atoms with E-state index in [0.717, 1.165) is 31.9 Å². The molecule has 1 saturated heterocycles. The van der Waals surface area contributed by atoms with Gasteiger partial charge in [0.1, 0.15) is 5.60 Å². The normalized spacial score (nSPS) is 18.1. The third-order valence-corrected chi connectivity index (χ3v) is 4.98. The number of aliphatic imine (C=N–C) groups is 1. The van der Waals surface area contributed by atoms with E-state index in [1.165, 1.54) is 19.4 Å². The van der Waals surface area contributed by atoms with Gasteiger partial charge in [-0.25, -0.2) is 4.79 Å². The number of ether oxygens (including phenoxy) is 1. The number of nitrogens with one attached hydrogen (secondary N) is 3. The van der Waals surface area contributed by atoms with E-state index in [9.17, 15) is 4.79 Å². The number of amides is 1. The van der Waals surface area contributed by atoms with Crippen molar-refractivity contribution in [3.05, 3.63) is 0 Å². The van der Waals surface area contributed by atoms with Crippen molar-refractivity contribution < 1.29 is 9.53 Å². The molecule has 1 aliphatic rings. The number of hydrogen-bond acceptors (Lipinski definition) is 4. The number of guanidine groups is 1. The summed E-state index contributed by atoms with van der Waals surface area (Å²) in [5.74, 6) is 1.07. The number of likely N-dealkylation sites (tertiary alicyclic amines) is 1. The highest BCUT2D eigenvalue weighted by molar-refractivity contribution is 5.80. The third-order valence-electron chi connectivity index (χ3n) is 4.98. The van der Waals surface area contributed by atoms with Gasteiger partial charge in [-0.3, -0.25) is 4.99 Å². The van der Waals surface area contributed by atoms with Crippen molar-refractivity contribution in [2.24, 2.45) is 10.9 Å². The second-order valence-electron chi connectivity index (χ2n) is 9.06. The van der Waals surface area contributed by atoms with Gasteiger partial charge in [0.25, 0.3) is 0 Å². The van der Waals surface area contributed by atoms with Crippen LogP contribution in [0.1, 0.15) is 67.2 Å². The van der Waals surface area contributed by atoms with E-state index in [1.54, 1.807) is 7.05 Å². The van der Waals surface area contributed by atoms with Crippen LogP contribution >= 0.6 is 0 Å². The SMILES string of the molecule is CCCCN1CCC(NC(=NC)NCC(NC(=O)OC(C)(C)C)C(C)C)CC1. The summed E-state index contributed by atoms with van der Waals surface area (Å²) < 4.78 is 5.38. The van der Waals surface area contributed by atoms with E-state index in [4.69, 9.17) is 4.74 Å². The van der Waals surface area contributed by atoms with Crippen molar-refractivity contribution in [2.75, 3.05) is 33.2 Å². The van der Waals surface area contributed by atoms with E-state index in [2.05, 4.69) is 46.6 Å². The topological polar surface area (TPSA) is 78.0 Å². The van der Waals surface area contributed by atoms with Crippen molar-refractivity contribution in [3.8, 4) is 0 Å². The minimum absolute atomic E-state index is 0.0377. The Hall–Kier alpha value is -1.50. The fraction of sp³-hybridized carbons (Fsp3) is 0.905. The van der Waals surface area contributed by atoms with Crippen molar-refractivity contribution >= 4 is 12.1 Å². The molecule has 0 saturated carbocycles. The first-order chi connectivity index (χ1) is 13.1. The molecule has 1 unspecified atom stereocenters. The van der Waals surface area contributed by atoms with Crippen LogP contribution in [0.25, 0.3) is 0 Å². The Balaban J connectivity index is 2.43. The predicted octanol–water partition coefficient (Wildman–Crippen LogP) is 2.97. The molecule has 1 rings (SSSR count). The molecule has 0 spiro atoms. The quantitative estimate of drug-likeness (QED) is 0.434. The Kier molecular flexibility index (Phi) is 10.6. The molecular formula is C21H43N5O2. The molecule has 0 bridgehead atoms. The molecule has 1 atom stereocenters. The second-order valence-corrected chi connectivity index (χ2v) is 9.06. The van der Waals surface area contributed by atoms with Gasteiger partial charge in [0, 0.05) is 32.7 Å². The molecule has 1 aliphatic heterocycles. The molecule has 0 aromatic heterocycles. The second kappa shape index (κ2) is 12.1. The molecule has 0 aliphatic carbocycles. The van der Waals surface area contributed by atoms with Crippen LogP contribution in [0.2, 0.25) is 0 Å². The average Bonchev–Trinajstić information content (AvgIpc) is 2.61. The molecule has 28 heavy (non-hydrogen) atoms. The first kappa shape index (κ1) is 24.5. The highest BCUT2D eigenvalue weighted by Gasteiger charge is 2.23. The lowest BCUT2D eigenvalue weighted by atomic mass is 10.0. The average molecular weight is 398 g/mol. The predicted molar refractivity (Wildman–Crippen MR) is 117 cm³/mol. The summed E-state index contributed by atoms with van der Waals surface area (Å²) in [6, 6.07) is 0.407. The Labute approximate surface area is 172 Å². The maximum Gasteiger partial charge on any atom is 0.407 e. The van der Waals surface area contributed by atoms with Crippen LogP contribution in [0.15, 0.2) is 4.99 Å². The number of carbonyl (C=O) groups excluding carboxylic acids is 1.